The summed E-state index contributed by atoms with van der Waals surface area (Å²) in [6, 6.07) is 6.00. The van der Waals surface area contributed by atoms with Crippen molar-refractivity contribution in [3.8, 4) is 0 Å². The molecule has 0 bridgehead atoms. The van der Waals surface area contributed by atoms with Crippen molar-refractivity contribution >= 4 is 11.6 Å². The van der Waals surface area contributed by atoms with Gasteiger partial charge >= 0.3 is 6.18 Å². The van der Waals surface area contributed by atoms with Crippen LogP contribution in [0.2, 0.25) is 0 Å². The zero-order valence-electron chi connectivity index (χ0n) is 16.0. The van der Waals surface area contributed by atoms with E-state index in [0.29, 0.717) is 11.1 Å². The number of carbonyl (C=O) groups is 2. The number of halogens is 4. The predicted octanol–water partition coefficient (Wildman–Crippen LogP) is 6.12. The highest BCUT2D eigenvalue weighted by Gasteiger charge is 2.47. The molecule has 0 heterocycles. The molecule has 2 nitrogen and oxygen atoms in total. The van der Waals surface area contributed by atoms with Gasteiger partial charge < -0.3 is 0 Å². The third-order valence-electron chi connectivity index (χ3n) is 4.96. The first-order valence-corrected chi connectivity index (χ1v) is 9.16. The minimum atomic E-state index is -4.93. The van der Waals surface area contributed by atoms with Crippen molar-refractivity contribution in [2.45, 2.75) is 19.0 Å². The summed E-state index contributed by atoms with van der Waals surface area (Å²) in [6.07, 6.45) is 3.63. The van der Waals surface area contributed by atoms with E-state index < -0.39 is 41.0 Å². The van der Waals surface area contributed by atoms with E-state index in [2.05, 4.69) is 6.58 Å². The van der Waals surface area contributed by atoms with Crippen LogP contribution in [0.1, 0.15) is 28.8 Å². The molecule has 0 spiro atoms. The lowest BCUT2D eigenvalue weighted by Gasteiger charge is -2.32. The van der Waals surface area contributed by atoms with Crippen LogP contribution in [0.15, 0.2) is 95.9 Å². The Labute approximate surface area is 171 Å². The van der Waals surface area contributed by atoms with E-state index in [1.54, 1.807) is 19.1 Å². The van der Waals surface area contributed by atoms with Gasteiger partial charge in [0, 0.05) is 17.4 Å². The van der Waals surface area contributed by atoms with E-state index in [1.165, 1.54) is 36.4 Å². The van der Waals surface area contributed by atoms with Crippen LogP contribution in [-0.4, -0.2) is 17.7 Å². The average molecular weight is 414 g/mol. The standard InChI is InChI=1S/C24H18F4O2/c1-3-17(29)10-11-19-18-6-4-5-7-20(18)23(30)22(24(26,27)28)21(19)15-8-9-16(25)13-14(2)12-15/h3-13,15,19H,1H2,2H3/b11-10-/t15-,19+/m1/s1. The number of Topliss-reactive ketones (excluding diaryl/α,β-unsaturated/α-hetero) is 1. The molecule has 3 rings (SSSR count). The summed E-state index contributed by atoms with van der Waals surface area (Å²) in [5.41, 5.74) is -0.818. The van der Waals surface area contributed by atoms with Gasteiger partial charge in [-0.05, 0) is 42.4 Å². The number of fused-ring (bicyclic) bond motifs is 1. The Morgan fingerprint density at radius 2 is 1.90 bits per heavy atom. The Balaban J connectivity index is 2.32. The molecular formula is C24H18F4O2. The molecule has 0 fully saturated rings. The Morgan fingerprint density at radius 3 is 2.57 bits per heavy atom. The highest BCUT2D eigenvalue weighted by Crippen LogP contribution is 2.47. The maximum atomic E-state index is 14.1. The monoisotopic (exact) mass is 414 g/mol. The lowest BCUT2D eigenvalue weighted by Crippen LogP contribution is -2.31. The molecular weight excluding hydrogens is 396 g/mol. The lowest BCUT2D eigenvalue weighted by molar-refractivity contribution is -0.110. The Hall–Kier alpha value is -3.28. The summed E-state index contributed by atoms with van der Waals surface area (Å²) < 4.78 is 56.1. The minimum absolute atomic E-state index is 0.0723. The van der Waals surface area contributed by atoms with E-state index in [0.717, 1.165) is 18.2 Å². The second kappa shape index (κ2) is 8.22. The molecule has 30 heavy (non-hydrogen) atoms. The fourth-order valence-corrected chi connectivity index (χ4v) is 3.74. The van der Waals surface area contributed by atoms with Gasteiger partial charge in [0.05, 0.1) is 0 Å². The largest absolute Gasteiger partial charge is 0.420 e. The van der Waals surface area contributed by atoms with Gasteiger partial charge in [0.25, 0.3) is 0 Å². The molecule has 154 valence electrons. The number of allylic oxidation sites excluding steroid dienone is 11. The molecule has 0 saturated heterocycles. The van der Waals surface area contributed by atoms with Gasteiger partial charge in [-0.15, -0.1) is 0 Å². The smallest absolute Gasteiger partial charge is 0.290 e. The van der Waals surface area contributed by atoms with Crippen molar-refractivity contribution < 1.29 is 27.2 Å². The van der Waals surface area contributed by atoms with E-state index in [9.17, 15) is 27.2 Å². The van der Waals surface area contributed by atoms with E-state index >= 15 is 0 Å². The van der Waals surface area contributed by atoms with Crippen LogP contribution in [0, 0.1) is 5.92 Å². The lowest BCUT2D eigenvalue weighted by atomic mass is 9.71. The Morgan fingerprint density at radius 1 is 1.20 bits per heavy atom. The molecule has 1 aromatic carbocycles. The van der Waals surface area contributed by atoms with E-state index in [1.807, 2.05) is 0 Å². The summed E-state index contributed by atoms with van der Waals surface area (Å²) in [7, 11) is 0. The summed E-state index contributed by atoms with van der Waals surface area (Å²) >= 11 is 0. The molecule has 2 aliphatic carbocycles. The van der Waals surface area contributed by atoms with Crippen LogP contribution in [0.3, 0.4) is 0 Å². The molecule has 0 aromatic heterocycles. The SMILES string of the molecule is C=CC(=O)/C=C\[C@@H]1C([C@@H]2C=CC(F)=CC(C)=C2)=C(C(F)(F)F)C(=O)c2ccccc21. The first kappa shape index (κ1) is 21.4. The van der Waals surface area contributed by atoms with Crippen molar-refractivity contribution in [1.29, 1.82) is 0 Å². The quantitative estimate of drug-likeness (QED) is 0.439. The molecule has 0 amide bonds. The molecule has 1 aromatic rings. The van der Waals surface area contributed by atoms with Crippen molar-refractivity contribution in [2.24, 2.45) is 5.92 Å². The zero-order chi connectivity index (χ0) is 22.1. The van der Waals surface area contributed by atoms with Crippen LogP contribution in [-0.2, 0) is 4.79 Å². The normalized spacial score (nSPS) is 21.8. The number of hydrogen-bond donors (Lipinski definition) is 0. The van der Waals surface area contributed by atoms with Crippen LogP contribution in [0.25, 0.3) is 0 Å². The number of alkyl halides is 3. The number of ketones is 2. The van der Waals surface area contributed by atoms with Gasteiger partial charge in [-0.2, -0.15) is 13.2 Å². The Bertz CT molecular complexity index is 1060. The molecule has 0 radical (unpaired) electrons. The first-order chi connectivity index (χ1) is 14.1. The van der Waals surface area contributed by atoms with Gasteiger partial charge in [-0.3, -0.25) is 9.59 Å². The third kappa shape index (κ3) is 4.17. The van der Waals surface area contributed by atoms with Gasteiger partial charge in [0.15, 0.2) is 11.6 Å². The zero-order valence-corrected chi connectivity index (χ0v) is 16.0. The molecule has 0 saturated carbocycles. The van der Waals surface area contributed by atoms with Crippen molar-refractivity contribution in [3.05, 3.63) is 107 Å². The average Bonchev–Trinajstić information content (AvgIpc) is 2.85. The van der Waals surface area contributed by atoms with Gasteiger partial charge in [0.2, 0.25) is 0 Å². The third-order valence-corrected chi connectivity index (χ3v) is 4.96. The second-order valence-corrected chi connectivity index (χ2v) is 7.01. The van der Waals surface area contributed by atoms with Crippen molar-refractivity contribution in [3.63, 3.8) is 0 Å². The molecule has 2 atom stereocenters. The Kier molecular flexibility index (Phi) is 5.87. The van der Waals surface area contributed by atoms with E-state index in [-0.39, 0.29) is 11.1 Å². The minimum Gasteiger partial charge on any atom is -0.290 e. The molecule has 0 aliphatic heterocycles. The van der Waals surface area contributed by atoms with E-state index in [4.69, 9.17) is 0 Å². The highest BCUT2D eigenvalue weighted by molar-refractivity contribution is 6.13. The first-order valence-electron chi connectivity index (χ1n) is 9.16. The molecule has 0 N–H and O–H groups in total. The number of rotatable bonds is 4. The van der Waals surface area contributed by atoms with Crippen molar-refractivity contribution in [1.82, 2.24) is 0 Å². The topological polar surface area (TPSA) is 34.1 Å². The highest BCUT2D eigenvalue weighted by atomic mass is 19.4. The van der Waals surface area contributed by atoms with Crippen LogP contribution in [0.5, 0.6) is 0 Å². The predicted molar refractivity (Wildman–Crippen MR) is 107 cm³/mol. The molecule has 2 aliphatic rings. The van der Waals surface area contributed by atoms with Gasteiger partial charge in [-0.25, -0.2) is 4.39 Å². The number of benzene rings is 1. The number of carbonyl (C=O) groups excluding carboxylic acids is 2. The number of hydrogen-bond acceptors (Lipinski definition) is 2. The summed E-state index contributed by atoms with van der Waals surface area (Å²) in [5, 5.41) is 0. The maximum Gasteiger partial charge on any atom is 0.420 e. The molecule has 6 heteroatoms. The van der Waals surface area contributed by atoms with Crippen LogP contribution in [0.4, 0.5) is 17.6 Å². The van der Waals surface area contributed by atoms with Crippen LogP contribution < -0.4 is 0 Å². The van der Waals surface area contributed by atoms with Crippen LogP contribution >= 0.6 is 0 Å². The molecule has 0 unspecified atom stereocenters. The van der Waals surface area contributed by atoms with Gasteiger partial charge in [0.1, 0.15) is 11.4 Å². The fourth-order valence-electron chi connectivity index (χ4n) is 3.74. The fraction of sp³-hybridized carbons (Fsp3) is 0.167. The maximum absolute atomic E-state index is 14.1. The summed E-state index contributed by atoms with van der Waals surface area (Å²) in [4.78, 5) is 24.6. The second-order valence-electron chi connectivity index (χ2n) is 7.01. The van der Waals surface area contributed by atoms with Gasteiger partial charge in [-0.1, -0.05) is 54.6 Å². The van der Waals surface area contributed by atoms with Crippen molar-refractivity contribution in [2.75, 3.05) is 0 Å². The summed E-state index contributed by atoms with van der Waals surface area (Å²) in [5.74, 6) is -4.20. The summed E-state index contributed by atoms with van der Waals surface area (Å²) in [6.45, 7) is 4.93.